The molecule has 0 saturated carbocycles. The quantitative estimate of drug-likeness (QED) is 0.613. The van der Waals surface area contributed by atoms with Crippen LogP contribution in [0.15, 0.2) is 34.1 Å². The van der Waals surface area contributed by atoms with E-state index in [1.807, 2.05) is 0 Å². The molecule has 100 valence electrons. The van der Waals surface area contributed by atoms with Crippen LogP contribution >= 0.6 is 11.8 Å². The van der Waals surface area contributed by atoms with E-state index in [4.69, 9.17) is 4.74 Å². The van der Waals surface area contributed by atoms with Crippen LogP contribution in [-0.4, -0.2) is 32.5 Å². The van der Waals surface area contributed by atoms with Crippen molar-refractivity contribution in [2.45, 2.75) is 28.9 Å². The molecule has 0 unspecified atom stereocenters. The smallest absolute Gasteiger partial charge is 0.319 e. The summed E-state index contributed by atoms with van der Waals surface area (Å²) in [5, 5.41) is -0.437. The molecule has 0 spiro atoms. The van der Waals surface area contributed by atoms with Gasteiger partial charge in [-0.05, 0) is 26.0 Å². The molecule has 1 aromatic carbocycles. The minimum absolute atomic E-state index is 0.242. The molecule has 0 radical (unpaired) electrons. The third-order valence-corrected chi connectivity index (χ3v) is 4.61. The highest BCUT2D eigenvalue weighted by atomic mass is 32.2. The van der Waals surface area contributed by atoms with Crippen LogP contribution in [0.4, 0.5) is 0 Å². The van der Waals surface area contributed by atoms with Crippen LogP contribution < -0.4 is 0 Å². The summed E-state index contributed by atoms with van der Waals surface area (Å²) in [7, 11) is -3.29. The number of sulfone groups is 1. The van der Waals surface area contributed by atoms with Gasteiger partial charge in [-0.15, -0.1) is 11.8 Å². The van der Waals surface area contributed by atoms with E-state index < -0.39 is 15.1 Å². The van der Waals surface area contributed by atoms with Gasteiger partial charge in [0.1, 0.15) is 5.25 Å². The van der Waals surface area contributed by atoms with E-state index in [2.05, 4.69) is 0 Å². The summed E-state index contributed by atoms with van der Waals surface area (Å²) in [6.45, 7) is 3.75. The van der Waals surface area contributed by atoms with Crippen LogP contribution in [0, 0.1) is 0 Å². The van der Waals surface area contributed by atoms with Crippen molar-refractivity contribution in [3.8, 4) is 0 Å². The van der Waals surface area contributed by atoms with Crippen molar-refractivity contribution < 1.29 is 17.9 Å². The second-order valence-corrected chi connectivity index (χ2v) is 7.10. The first-order chi connectivity index (χ1) is 8.36. The standard InChI is InChI=1S/C12H16O4S2/c1-4-16-12(13)9(2)17-10-7-5-6-8-11(10)18(3,14)15/h5-9H,4H2,1-3H3/t9-/m0/s1. The Bertz CT molecular complexity index is 523. The number of hydrogen-bond acceptors (Lipinski definition) is 5. The molecular formula is C12H16O4S2. The fraction of sp³-hybridized carbons (Fsp3) is 0.417. The Hall–Kier alpha value is -1.01. The molecule has 0 fully saturated rings. The molecule has 0 saturated heterocycles. The average Bonchev–Trinajstić information content (AvgIpc) is 2.28. The van der Waals surface area contributed by atoms with E-state index in [0.29, 0.717) is 11.5 Å². The van der Waals surface area contributed by atoms with Crippen LogP contribution in [0.3, 0.4) is 0 Å². The average molecular weight is 288 g/mol. The zero-order valence-electron chi connectivity index (χ0n) is 10.5. The van der Waals surface area contributed by atoms with Gasteiger partial charge in [0.15, 0.2) is 9.84 Å². The van der Waals surface area contributed by atoms with Crippen molar-refractivity contribution >= 4 is 27.6 Å². The molecule has 0 aliphatic heterocycles. The van der Waals surface area contributed by atoms with Crippen molar-refractivity contribution in [3.05, 3.63) is 24.3 Å². The lowest BCUT2D eigenvalue weighted by molar-refractivity contribution is -0.142. The predicted molar refractivity (Wildman–Crippen MR) is 71.5 cm³/mol. The molecule has 18 heavy (non-hydrogen) atoms. The summed E-state index contributed by atoms with van der Waals surface area (Å²) in [4.78, 5) is 12.3. The largest absolute Gasteiger partial charge is 0.465 e. The van der Waals surface area contributed by atoms with Gasteiger partial charge >= 0.3 is 5.97 Å². The summed E-state index contributed by atoms with van der Waals surface area (Å²) in [5.74, 6) is -0.342. The van der Waals surface area contributed by atoms with Gasteiger partial charge in [-0.1, -0.05) is 12.1 Å². The van der Waals surface area contributed by atoms with Crippen LogP contribution in [-0.2, 0) is 19.4 Å². The molecule has 0 aromatic heterocycles. The topological polar surface area (TPSA) is 60.4 Å². The van der Waals surface area contributed by atoms with Crippen molar-refractivity contribution in [2.75, 3.05) is 12.9 Å². The number of rotatable bonds is 5. The fourth-order valence-corrected chi connectivity index (χ4v) is 3.60. The summed E-state index contributed by atoms with van der Waals surface area (Å²) < 4.78 is 28.1. The van der Waals surface area contributed by atoms with E-state index in [0.717, 1.165) is 6.26 Å². The molecule has 0 heterocycles. The first kappa shape index (κ1) is 15.0. The third kappa shape index (κ3) is 4.03. The molecule has 0 aliphatic rings. The molecular weight excluding hydrogens is 272 g/mol. The zero-order chi connectivity index (χ0) is 13.8. The number of thioether (sulfide) groups is 1. The minimum Gasteiger partial charge on any atom is -0.465 e. The Morgan fingerprint density at radius 1 is 1.39 bits per heavy atom. The maximum Gasteiger partial charge on any atom is 0.319 e. The summed E-state index contributed by atoms with van der Waals surface area (Å²) in [6, 6.07) is 6.64. The van der Waals surface area contributed by atoms with Crippen LogP contribution in [0.1, 0.15) is 13.8 Å². The van der Waals surface area contributed by atoms with Gasteiger partial charge in [0.2, 0.25) is 0 Å². The molecule has 0 amide bonds. The molecule has 4 nitrogen and oxygen atoms in total. The van der Waals surface area contributed by atoms with Gasteiger partial charge in [-0.2, -0.15) is 0 Å². The van der Waals surface area contributed by atoms with Gasteiger partial charge in [-0.25, -0.2) is 8.42 Å². The molecule has 0 bridgehead atoms. The SMILES string of the molecule is CCOC(=O)[C@H](C)Sc1ccccc1S(C)(=O)=O. The second-order valence-electron chi connectivity index (χ2n) is 3.73. The lowest BCUT2D eigenvalue weighted by Crippen LogP contribution is -2.17. The molecule has 6 heteroatoms. The Morgan fingerprint density at radius 2 is 2.00 bits per heavy atom. The number of benzene rings is 1. The van der Waals surface area contributed by atoms with E-state index in [-0.39, 0.29) is 10.9 Å². The van der Waals surface area contributed by atoms with Crippen molar-refractivity contribution in [2.24, 2.45) is 0 Å². The van der Waals surface area contributed by atoms with Crippen molar-refractivity contribution in [1.82, 2.24) is 0 Å². The number of carbonyl (C=O) groups is 1. The van der Waals surface area contributed by atoms with Gasteiger partial charge in [0, 0.05) is 11.2 Å². The van der Waals surface area contributed by atoms with Gasteiger partial charge < -0.3 is 4.74 Å². The number of carbonyl (C=O) groups excluding carboxylic acids is 1. The lowest BCUT2D eigenvalue weighted by atomic mass is 10.4. The van der Waals surface area contributed by atoms with Crippen LogP contribution in [0.25, 0.3) is 0 Å². The highest BCUT2D eigenvalue weighted by Crippen LogP contribution is 2.30. The third-order valence-electron chi connectivity index (χ3n) is 2.17. The highest BCUT2D eigenvalue weighted by Gasteiger charge is 2.20. The lowest BCUT2D eigenvalue weighted by Gasteiger charge is -2.12. The second kappa shape index (κ2) is 6.24. The Labute approximate surface area is 112 Å². The Morgan fingerprint density at radius 3 is 2.56 bits per heavy atom. The monoisotopic (exact) mass is 288 g/mol. The van der Waals surface area contributed by atoms with E-state index in [1.54, 1.807) is 32.0 Å². The minimum atomic E-state index is -3.29. The Balaban J connectivity index is 2.95. The van der Waals surface area contributed by atoms with E-state index >= 15 is 0 Å². The van der Waals surface area contributed by atoms with Crippen LogP contribution in [0.5, 0.6) is 0 Å². The maximum atomic E-state index is 11.6. The molecule has 1 rings (SSSR count). The number of hydrogen-bond donors (Lipinski definition) is 0. The number of ether oxygens (including phenoxy) is 1. The first-order valence-corrected chi connectivity index (χ1v) is 8.25. The van der Waals surface area contributed by atoms with Crippen molar-refractivity contribution in [3.63, 3.8) is 0 Å². The zero-order valence-corrected chi connectivity index (χ0v) is 12.2. The first-order valence-electron chi connectivity index (χ1n) is 5.48. The van der Waals surface area contributed by atoms with Gasteiger partial charge in [0.25, 0.3) is 0 Å². The predicted octanol–water partition coefficient (Wildman–Crippen LogP) is 2.13. The highest BCUT2D eigenvalue weighted by molar-refractivity contribution is 8.01. The van der Waals surface area contributed by atoms with Gasteiger partial charge in [0.05, 0.1) is 11.5 Å². The molecule has 1 atom stereocenters. The maximum absolute atomic E-state index is 11.6. The van der Waals surface area contributed by atoms with Crippen molar-refractivity contribution in [1.29, 1.82) is 0 Å². The Kier molecular flexibility index (Phi) is 5.22. The summed E-state index contributed by atoms with van der Waals surface area (Å²) >= 11 is 1.19. The van der Waals surface area contributed by atoms with E-state index in [1.165, 1.54) is 17.8 Å². The molecule has 1 aromatic rings. The summed E-state index contributed by atoms with van der Waals surface area (Å²) in [5.41, 5.74) is 0. The van der Waals surface area contributed by atoms with Crippen LogP contribution in [0.2, 0.25) is 0 Å². The molecule has 0 aliphatic carbocycles. The normalized spacial score (nSPS) is 13.1. The summed E-state index contributed by atoms with van der Waals surface area (Å²) in [6.07, 6.45) is 1.15. The fourth-order valence-electron chi connectivity index (χ4n) is 1.35. The van der Waals surface area contributed by atoms with E-state index in [9.17, 15) is 13.2 Å². The van der Waals surface area contributed by atoms with Gasteiger partial charge in [-0.3, -0.25) is 4.79 Å². The molecule has 0 N–H and O–H groups in total. The number of esters is 1.